The zero-order valence-corrected chi connectivity index (χ0v) is 25.9. The molecule has 1 N–H and O–H groups in total. The highest BCUT2D eigenvalue weighted by molar-refractivity contribution is 7.92. The third-order valence-corrected chi connectivity index (χ3v) is 8.99. The first kappa shape index (κ1) is 31.9. The number of aryl methyl sites for hydroxylation is 2. The third kappa shape index (κ3) is 8.43. The number of unbranched alkanes of at least 4 members (excludes halogenated alkanes) is 1. The van der Waals surface area contributed by atoms with Crippen molar-refractivity contribution in [2.45, 2.75) is 77.8 Å². The van der Waals surface area contributed by atoms with Gasteiger partial charge in [-0.25, -0.2) is 8.42 Å². The summed E-state index contributed by atoms with van der Waals surface area (Å²) in [6.45, 7) is 12.0. The van der Waals surface area contributed by atoms with E-state index in [4.69, 9.17) is 0 Å². The van der Waals surface area contributed by atoms with Gasteiger partial charge in [0, 0.05) is 13.1 Å². The Labute approximate surface area is 245 Å². The van der Waals surface area contributed by atoms with E-state index in [0.29, 0.717) is 12.2 Å². The number of amides is 2. The van der Waals surface area contributed by atoms with E-state index in [1.807, 2.05) is 57.2 Å². The summed E-state index contributed by atoms with van der Waals surface area (Å²) in [6.07, 6.45) is 1.77. The maximum Gasteiger partial charge on any atom is 0.264 e. The molecule has 2 amide bonds. The maximum atomic E-state index is 14.0. The number of hydrogen-bond donors (Lipinski definition) is 1. The van der Waals surface area contributed by atoms with E-state index < -0.39 is 28.5 Å². The highest BCUT2D eigenvalue weighted by Gasteiger charge is 2.32. The maximum absolute atomic E-state index is 14.0. The minimum Gasteiger partial charge on any atom is -0.354 e. The fraction of sp³-hybridized carbons (Fsp3) is 0.394. The van der Waals surface area contributed by atoms with Gasteiger partial charge in [0.1, 0.15) is 12.6 Å². The molecule has 0 saturated heterocycles. The monoisotopic (exact) mass is 577 g/mol. The van der Waals surface area contributed by atoms with Crippen LogP contribution in [0.5, 0.6) is 0 Å². The topological polar surface area (TPSA) is 86.8 Å². The minimum atomic E-state index is -4.09. The summed E-state index contributed by atoms with van der Waals surface area (Å²) in [4.78, 5) is 28.7. The van der Waals surface area contributed by atoms with Gasteiger partial charge < -0.3 is 10.2 Å². The quantitative estimate of drug-likeness (QED) is 0.254. The molecule has 0 saturated carbocycles. The van der Waals surface area contributed by atoms with Gasteiger partial charge in [-0.05, 0) is 68.5 Å². The van der Waals surface area contributed by atoms with Crippen molar-refractivity contribution in [1.29, 1.82) is 0 Å². The van der Waals surface area contributed by atoms with Crippen molar-refractivity contribution >= 4 is 27.5 Å². The Kier molecular flexibility index (Phi) is 11.1. The number of sulfonamides is 1. The van der Waals surface area contributed by atoms with E-state index in [9.17, 15) is 18.0 Å². The lowest BCUT2D eigenvalue weighted by Gasteiger charge is -2.32. The van der Waals surface area contributed by atoms with Gasteiger partial charge >= 0.3 is 0 Å². The summed E-state index contributed by atoms with van der Waals surface area (Å²) in [5.74, 6) is -0.467. The summed E-state index contributed by atoms with van der Waals surface area (Å²) in [5, 5.41) is 2.91. The summed E-state index contributed by atoms with van der Waals surface area (Å²) in [5.41, 5.74) is 4.31. The Morgan fingerprint density at radius 1 is 0.829 bits per heavy atom. The van der Waals surface area contributed by atoms with Crippen LogP contribution in [0.25, 0.3) is 0 Å². The van der Waals surface area contributed by atoms with E-state index in [1.54, 1.807) is 43.3 Å². The second-order valence-electron chi connectivity index (χ2n) is 10.9. The second kappa shape index (κ2) is 14.3. The van der Waals surface area contributed by atoms with E-state index in [0.717, 1.165) is 39.4 Å². The molecule has 1 atom stereocenters. The Balaban J connectivity index is 2.01. The van der Waals surface area contributed by atoms with Crippen molar-refractivity contribution in [2.24, 2.45) is 0 Å². The predicted molar refractivity (Wildman–Crippen MR) is 165 cm³/mol. The Bertz CT molecular complexity index is 1400. The van der Waals surface area contributed by atoms with E-state index in [-0.39, 0.29) is 23.3 Å². The van der Waals surface area contributed by atoms with Crippen LogP contribution in [0.1, 0.15) is 68.7 Å². The standard InChI is InChI=1S/C33H43N3O4S/c1-7-8-21-34-33(38)27(6)35(22-28-13-9-25(4)10-14-28)32(37)23-36(30-17-15-29(16-18-30)24(2)3)41(39,40)31-19-11-26(5)12-20-31/h9-20,24,27H,7-8,21-23H2,1-6H3,(H,34,38). The number of nitrogens with one attached hydrogen (secondary N) is 1. The average molecular weight is 578 g/mol. The van der Waals surface area contributed by atoms with Crippen LogP contribution >= 0.6 is 0 Å². The Hall–Kier alpha value is -3.65. The zero-order chi connectivity index (χ0) is 30.2. The normalized spacial score (nSPS) is 12.2. The summed E-state index contributed by atoms with van der Waals surface area (Å²) in [6, 6.07) is 20.8. The number of hydrogen-bond acceptors (Lipinski definition) is 4. The van der Waals surface area contributed by atoms with Crippen molar-refractivity contribution in [3.63, 3.8) is 0 Å². The fourth-order valence-corrected chi connectivity index (χ4v) is 5.81. The molecule has 0 radical (unpaired) electrons. The molecule has 3 aromatic rings. The van der Waals surface area contributed by atoms with Crippen LogP contribution in [0.4, 0.5) is 5.69 Å². The molecule has 0 aliphatic rings. The van der Waals surface area contributed by atoms with Crippen molar-refractivity contribution in [2.75, 3.05) is 17.4 Å². The molecule has 8 heteroatoms. The molecular weight excluding hydrogens is 534 g/mol. The SMILES string of the molecule is CCCCNC(=O)C(C)N(Cc1ccc(C)cc1)C(=O)CN(c1ccc(C(C)C)cc1)S(=O)(=O)c1ccc(C)cc1. The van der Waals surface area contributed by atoms with E-state index in [2.05, 4.69) is 19.2 Å². The lowest BCUT2D eigenvalue weighted by Crippen LogP contribution is -2.51. The summed E-state index contributed by atoms with van der Waals surface area (Å²) >= 11 is 0. The molecule has 220 valence electrons. The van der Waals surface area contributed by atoms with Crippen molar-refractivity contribution in [3.05, 3.63) is 95.1 Å². The zero-order valence-electron chi connectivity index (χ0n) is 25.1. The van der Waals surface area contributed by atoms with Crippen LogP contribution in [0.3, 0.4) is 0 Å². The van der Waals surface area contributed by atoms with E-state index >= 15 is 0 Å². The van der Waals surface area contributed by atoms with Crippen LogP contribution in [0.15, 0.2) is 77.7 Å². The van der Waals surface area contributed by atoms with Gasteiger partial charge in [0.05, 0.1) is 10.6 Å². The van der Waals surface area contributed by atoms with Crippen LogP contribution in [-0.2, 0) is 26.2 Å². The first-order chi connectivity index (χ1) is 19.4. The highest BCUT2D eigenvalue weighted by atomic mass is 32.2. The molecule has 0 aromatic heterocycles. The first-order valence-corrected chi connectivity index (χ1v) is 15.7. The van der Waals surface area contributed by atoms with Crippen LogP contribution in [0.2, 0.25) is 0 Å². The second-order valence-corrected chi connectivity index (χ2v) is 12.8. The molecule has 3 aromatic carbocycles. The largest absolute Gasteiger partial charge is 0.354 e. The molecule has 0 aliphatic heterocycles. The lowest BCUT2D eigenvalue weighted by molar-refractivity contribution is -0.139. The molecule has 0 spiro atoms. The molecule has 3 rings (SSSR count). The third-order valence-electron chi connectivity index (χ3n) is 7.21. The van der Waals surface area contributed by atoms with Gasteiger partial charge in [0.2, 0.25) is 11.8 Å². The number of carbonyl (C=O) groups excluding carboxylic acids is 2. The van der Waals surface area contributed by atoms with E-state index in [1.165, 1.54) is 4.90 Å². The molecule has 41 heavy (non-hydrogen) atoms. The average Bonchev–Trinajstić information content (AvgIpc) is 2.95. The number of benzene rings is 3. The molecule has 0 aliphatic carbocycles. The Morgan fingerprint density at radius 2 is 1.39 bits per heavy atom. The minimum absolute atomic E-state index is 0.0966. The number of anilines is 1. The molecule has 1 unspecified atom stereocenters. The first-order valence-electron chi connectivity index (χ1n) is 14.3. The van der Waals surface area contributed by atoms with Gasteiger partial charge in [0.25, 0.3) is 10.0 Å². The van der Waals surface area contributed by atoms with Gasteiger partial charge in [-0.1, -0.05) is 86.8 Å². The van der Waals surface area contributed by atoms with Gasteiger partial charge in [0.15, 0.2) is 0 Å². The molecule has 0 fully saturated rings. The summed E-state index contributed by atoms with van der Waals surface area (Å²) < 4.78 is 29.1. The summed E-state index contributed by atoms with van der Waals surface area (Å²) in [7, 11) is -4.09. The smallest absolute Gasteiger partial charge is 0.264 e. The number of nitrogens with zero attached hydrogens (tertiary/aromatic N) is 2. The molecule has 7 nitrogen and oxygen atoms in total. The molecule has 0 bridgehead atoms. The van der Waals surface area contributed by atoms with Crippen molar-refractivity contribution < 1.29 is 18.0 Å². The molecule has 0 heterocycles. The highest BCUT2D eigenvalue weighted by Crippen LogP contribution is 2.27. The predicted octanol–water partition coefficient (Wildman–Crippen LogP) is 5.96. The van der Waals surface area contributed by atoms with Gasteiger partial charge in [-0.2, -0.15) is 0 Å². The Morgan fingerprint density at radius 3 is 1.93 bits per heavy atom. The van der Waals surface area contributed by atoms with Crippen LogP contribution in [0, 0.1) is 13.8 Å². The van der Waals surface area contributed by atoms with Gasteiger partial charge in [-0.15, -0.1) is 0 Å². The number of carbonyl (C=O) groups is 2. The van der Waals surface area contributed by atoms with Crippen LogP contribution in [-0.4, -0.2) is 44.3 Å². The van der Waals surface area contributed by atoms with Crippen molar-refractivity contribution in [1.82, 2.24) is 10.2 Å². The molecular formula is C33H43N3O4S. The fourth-order valence-electron chi connectivity index (χ4n) is 4.40. The van der Waals surface area contributed by atoms with Gasteiger partial charge in [-0.3, -0.25) is 13.9 Å². The van der Waals surface area contributed by atoms with Crippen LogP contribution < -0.4 is 9.62 Å². The van der Waals surface area contributed by atoms with Crippen molar-refractivity contribution in [3.8, 4) is 0 Å². The number of rotatable bonds is 13. The lowest BCUT2D eigenvalue weighted by atomic mass is 10.0.